The second-order valence-corrected chi connectivity index (χ2v) is 16.1. The van der Waals surface area contributed by atoms with Crippen LogP contribution in [-0.4, -0.2) is 110 Å². The normalized spacial score (nSPS) is 22.6. The molecule has 0 saturated carbocycles. The number of hydrogen-bond donors (Lipinski definition) is 8. The van der Waals surface area contributed by atoms with Gasteiger partial charge in [0.25, 0.3) is 0 Å². The molecule has 0 spiro atoms. The highest BCUT2D eigenvalue weighted by atomic mass is 16.7. The van der Waals surface area contributed by atoms with Gasteiger partial charge in [0.15, 0.2) is 6.29 Å². The van der Waals surface area contributed by atoms with Crippen LogP contribution in [0.3, 0.4) is 0 Å². The average molecular weight is 776 g/mol. The van der Waals surface area contributed by atoms with E-state index in [2.05, 4.69) is 19.2 Å². The highest BCUT2D eigenvalue weighted by molar-refractivity contribution is 5.80. The fraction of sp³-hybridized carbons (Fsp3) is 0.977. The molecule has 0 aromatic heterocycles. The summed E-state index contributed by atoms with van der Waals surface area (Å²) in [4.78, 5) is 13.0. The Morgan fingerprint density at radius 3 is 1.37 bits per heavy atom. The van der Waals surface area contributed by atoms with E-state index in [1.54, 1.807) is 0 Å². The molecule has 8 N–H and O–H groups in total. The Hall–Kier alpha value is -0.890. The minimum absolute atomic E-state index is 0.266. The molecule has 1 rings (SSSR count). The van der Waals surface area contributed by atoms with Crippen molar-refractivity contribution >= 4 is 5.91 Å². The van der Waals surface area contributed by atoms with Crippen LogP contribution in [0.1, 0.15) is 200 Å². The summed E-state index contributed by atoms with van der Waals surface area (Å²) in [5, 5.41) is 75.5. The average Bonchev–Trinajstić information content (AvgIpc) is 3.17. The zero-order valence-electron chi connectivity index (χ0n) is 34.5. The van der Waals surface area contributed by atoms with Crippen molar-refractivity contribution in [1.82, 2.24) is 5.32 Å². The minimum atomic E-state index is -1.65. The molecule has 0 aromatic carbocycles. The molecule has 1 amide bonds. The maximum absolute atomic E-state index is 13.0. The van der Waals surface area contributed by atoms with Crippen LogP contribution >= 0.6 is 0 Å². The first-order valence-corrected chi connectivity index (χ1v) is 22.4. The summed E-state index contributed by atoms with van der Waals surface area (Å²) in [6, 6.07) is -1.16. The van der Waals surface area contributed by atoms with Gasteiger partial charge in [-0.25, -0.2) is 0 Å². The number of aliphatic hydroxyl groups excluding tert-OH is 7. The van der Waals surface area contributed by atoms with Crippen LogP contribution in [0.4, 0.5) is 0 Å². The molecule has 11 nitrogen and oxygen atoms in total. The molecule has 1 aliphatic heterocycles. The molecule has 0 aromatic rings. The van der Waals surface area contributed by atoms with Crippen LogP contribution in [0.15, 0.2) is 0 Å². The molecule has 1 saturated heterocycles. The second kappa shape index (κ2) is 34.2. The number of aliphatic hydroxyl groups is 7. The predicted octanol–water partition coefficient (Wildman–Crippen LogP) is 6.72. The lowest BCUT2D eigenvalue weighted by atomic mass is 9.98. The maximum Gasteiger partial charge on any atom is 0.249 e. The van der Waals surface area contributed by atoms with Crippen LogP contribution in [0.2, 0.25) is 0 Å². The van der Waals surface area contributed by atoms with Crippen LogP contribution in [0.5, 0.6) is 0 Å². The van der Waals surface area contributed by atoms with Gasteiger partial charge in [-0.1, -0.05) is 187 Å². The van der Waals surface area contributed by atoms with Gasteiger partial charge in [-0.05, 0) is 12.8 Å². The number of nitrogens with one attached hydrogen (secondary N) is 1. The number of carbonyl (C=O) groups excluding carboxylic acids is 1. The zero-order valence-corrected chi connectivity index (χ0v) is 34.5. The van der Waals surface area contributed by atoms with Gasteiger partial charge in [-0.2, -0.15) is 0 Å². The lowest BCUT2D eigenvalue weighted by molar-refractivity contribution is -0.303. The van der Waals surface area contributed by atoms with Crippen molar-refractivity contribution in [2.75, 3.05) is 13.2 Å². The summed E-state index contributed by atoms with van der Waals surface area (Å²) in [5.41, 5.74) is 0. The fourth-order valence-electron chi connectivity index (χ4n) is 7.38. The van der Waals surface area contributed by atoms with Crippen LogP contribution in [-0.2, 0) is 14.3 Å². The van der Waals surface area contributed by atoms with Crippen molar-refractivity contribution in [3.63, 3.8) is 0 Å². The van der Waals surface area contributed by atoms with Gasteiger partial charge in [-0.3, -0.25) is 4.79 Å². The Balaban J connectivity index is 2.48. The fourth-order valence-corrected chi connectivity index (χ4v) is 7.38. The van der Waals surface area contributed by atoms with Crippen molar-refractivity contribution in [1.29, 1.82) is 0 Å². The Morgan fingerprint density at radius 2 is 0.963 bits per heavy atom. The van der Waals surface area contributed by atoms with Crippen molar-refractivity contribution in [2.24, 2.45) is 0 Å². The topological polar surface area (TPSA) is 189 Å². The Kier molecular flexibility index (Phi) is 32.4. The van der Waals surface area contributed by atoms with Crippen LogP contribution < -0.4 is 5.32 Å². The SMILES string of the molecule is CCCCCCCCCCCCCCCCC(O)C(=O)NC(COC1OC(CO)C(O)C(O)C1O)C(O)C(O)CCCCCCCCCCCCCCC. The Morgan fingerprint density at radius 1 is 0.574 bits per heavy atom. The smallest absolute Gasteiger partial charge is 0.249 e. The number of unbranched alkanes of at least 4 members (excludes halogenated alkanes) is 25. The van der Waals surface area contributed by atoms with E-state index in [0.717, 1.165) is 38.5 Å². The summed E-state index contributed by atoms with van der Waals surface area (Å²) >= 11 is 0. The summed E-state index contributed by atoms with van der Waals surface area (Å²) in [7, 11) is 0. The molecule has 1 fully saturated rings. The molecule has 0 bridgehead atoms. The highest BCUT2D eigenvalue weighted by Gasteiger charge is 2.44. The van der Waals surface area contributed by atoms with Gasteiger partial charge in [0.05, 0.1) is 25.4 Å². The third-order valence-corrected chi connectivity index (χ3v) is 11.2. The first-order valence-electron chi connectivity index (χ1n) is 22.4. The van der Waals surface area contributed by atoms with E-state index in [-0.39, 0.29) is 6.42 Å². The van der Waals surface area contributed by atoms with Crippen LogP contribution in [0, 0.1) is 0 Å². The molecule has 0 aliphatic carbocycles. The lowest BCUT2D eigenvalue weighted by Gasteiger charge is -2.40. The van der Waals surface area contributed by atoms with E-state index in [0.29, 0.717) is 19.3 Å². The summed E-state index contributed by atoms with van der Waals surface area (Å²) in [5.74, 6) is -0.695. The molecule has 9 unspecified atom stereocenters. The van der Waals surface area contributed by atoms with E-state index in [4.69, 9.17) is 9.47 Å². The summed E-state index contributed by atoms with van der Waals surface area (Å²) in [6.45, 7) is 3.43. The van der Waals surface area contributed by atoms with E-state index >= 15 is 0 Å². The van der Waals surface area contributed by atoms with Gasteiger partial charge in [-0.15, -0.1) is 0 Å². The van der Waals surface area contributed by atoms with Gasteiger partial charge in [0, 0.05) is 0 Å². The lowest BCUT2D eigenvalue weighted by Crippen LogP contribution is -2.60. The predicted molar refractivity (Wildman–Crippen MR) is 215 cm³/mol. The van der Waals surface area contributed by atoms with Crippen molar-refractivity contribution in [3.8, 4) is 0 Å². The molecule has 0 radical (unpaired) electrons. The monoisotopic (exact) mass is 776 g/mol. The quantitative estimate of drug-likeness (QED) is 0.0315. The van der Waals surface area contributed by atoms with E-state index in [1.807, 2.05) is 0 Å². The number of carbonyl (C=O) groups is 1. The van der Waals surface area contributed by atoms with E-state index < -0.39 is 74.2 Å². The first kappa shape index (κ1) is 51.1. The molecule has 1 heterocycles. The number of amides is 1. The molecule has 11 heteroatoms. The highest BCUT2D eigenvalue weighted by Crippen LogP contribution is 2.23. The number of hydrogen-bond acceptors (Lipinski definition) is 10. The zero-order chi connectivity index (χ0) is 39.8. The molecular formula is C43H85NO10. The van der Waals surface area contributed by atoms with Crippen molar-refractivity contribution in [3.05, 3.63) is 0 Å². The summed E-state index contributed by atoms with van der Waals surface area (Å²) < 4.78 is 11.1. The summed E-state index contributed by atoms with van der Waals surface area (Å²) in [6.07, 6.45) is 21.5. The van der Waals surface area contributed by atoms with Crippen molar-refractivity contribution in [2.45, 2.75) is 255 Å². The minimum Gasteiger partial charge on any atom is -0.394 e. The van der Waals surface area contributed by atoms with Gasteiger partial charge in [0.2, 0.25) is 5.91 Å². The molecule has 54 heavy (non-hydrogen) atoms. The molecule has 9 atom stereocenters. The van der Waals surface area contributed by atoms with E-state index in [1.165, 1.54) is 122 Å². The molecule has 322 valence electrons. The van der Waals surface area contributed by atoms with E-state index in [9.17, 15) is 40.5 Å². The maximum atomic E-state index is 13.0. The number of ether oxygens (including phenoxy) is 2. The first-order chi connectivity index (χ1) is 26.2. The largest absolute Gasteiger partial charge is 0.394 e. The molecule has 1 aliphatic rings. The second-order valence-electron chi connectivity index (χ2n) is 16.1. The standard InChI is InChI=1S/C43H85NO10/c1-3-5-7-9-11-13-15-17-19-21-23-25-27-29-31-36(47)42(52)44-34(33-53-43-41(51)40(50)39(49)37(32-45)54-43)38(48)35(46)30-28-26-24-22-20-18-16-14-12-10-8-6-4-2/h34-41,43,45-51H,3-33H2,1-2H3,(H,44,52). The van der Waals surface area contributed by atoms with Crippen LogP contribution in [0.25, 0.3) is 0 Å². The molecular weight excluding hydrogens is 690 g/mol. The number of rotatable bonds is 37. The third kappa shape index (κ3) is 24.0. The van der Waals surface area contributed by atoms with Gasteiger partial charge >= 0.3 is 0 Å². The third-order valence-electron chi connectivity index (χ3n) is 11.2. The Bertz CT molecular complexity index is 851. The van der Waals surface area contributed by atoms with Gasteiger partial charge < -0.3 is 50.5 Å². The Labute approximate surface area is 329 Å². The van der Waals surface area contributed by atoms with Crippen molar-refractivity contribution < 1.29 is 50.0 Å². The van der Waals surface area contributed by atoms with Gasteiger partial charge in [0.1, 0.15) is 36.6 Å².